The van der Waals surface area contributed by atoms with Crippen LogP contribution in [-0.2, 0) is 34.0 Å². The predicted molar refractivity (Wildman–Crippen MR) is 122 cm³/mol. The van der Waals surface area contributed by atoms with Crippen molar-refractivity contribution in [3.8, 4) is 0 Å². The molecule has 0 spiro atoms. The van der Waals surface area contributed by atoms with Crippen molar-refractivity contribution in [2.75, 3.05) is 31.4 Å². The number of amides is 3. The van der Waals surface area contributed by atoms with Gasteiger partial charge in [-0.15, -0.1) is 0 Å². The lowest BCUT2D eigenvalue weighted by atomic mass is 10.0. The first-order valence-corrected chi connectivity index (χ1v) is 10.0. The number of imide groups is 1. The molecule has 8 nitrogen and oxygen atoms in total. The van der Waals surface area contributed by atoms with E-state index < -0.39 is 75.7 Å². The van der Waals surface area contributed by atoms with Crippen LogP contribution in [0.25, 0.3) is 0 Å². The van der Waals surface area contributed by atoms with Crippen molar-refractivity contribution in [3.05, 3.63) is 64.7 Å². The van der Waals surface area contributed by atoms with Gasteiger partial charge >= 0.3 is 0 Å². The Hall–Kier alpha value is -3.23. The molecule has 0 aromatic heterocycles. The Morgan fingerprint density at radius 2 is 1.85 bits per heavy atom. The number of piperidine rings is 1. The van der Waals surface area contributed by atoms with Crippen molar-refractivity contribution in [1.29, 1.82) is 0 Å². The number of fused-ring (bicyclic) bond motifs is 1. The third-order valence-corrected chi connectivity index (χ3v) is 5.28. The molecule has 5 rings (SSSR count). The van der Waals surface area contributed by atoms with Crippen LogP contribution >= 0.6 is 0 Å². The summed E-state index contributed by atoms with van der Waals surface area (Å²) in [6, 6.07) is 7.67. The summed E-state index contributed by atoms with van der Waals surface area (Å²) in [7, 11) is 0. The van der Waals surface area contributed by atoms with Gasteiger partial charge in [-0.3, -0.25) is 24.6 Å². The Labute approximate surface area is 211 Å². The van der Waals surface area contributed by atoms with Gasteiger partial charge in [0.25, 0.3) is 5.91 Å². The molecule has 3 heterocycles. The Bertz CT molecular complexity index is 1590. The first-order valence-electron chi connectivity index (χ1n) is 16.5. The molecule has 1 atom stereocenters. The van der Waals surface area contributed by atoms with E-state index in [9.17, 15) is 14.4 Å². The molecule has 33 heavy (non-hydrogen) atoms. The molecular weight excluding hydrogens is 420 g/mol. The van der Waals surface area contributed by atoms with Gasteiger partial charge in [-0.2, -0.15) is 0 Å². The third-order valence-electron chi connectivity index (χ3n) is 5.28. The smallest absolute Gasteiger partial charge is 0.255 e. The summed E-state index contributed by atoms with van der Waals surface area (Å²) in [5.74, 6) is -3.93. The van der Waals surface area contributed by atoms with Gasteiger partial charge in [0.15, 0.2) is 0 Å². The van der Waals surface area contributed by atoms with Gasteiger partial charge in [-0.1, -0.05) is 30.3 Å². The normalized spacial score (nSPS) is 38.4. The highest BCUT2D eigenvalue weighted by molar-refractivity contribution is 6.06. The van der Waals surface area contributed by atoms with E-state index in [1.165, 1.54) is 24.3 Å². The SMILES string of the molecule is [2H]C1([2H])OC([2H])([2H])C([2H])([2H])N(Cc2ccc(CNc3cccc4c3CN(C3([2H])C(=O)NC(=O)C([2H])([2H])C3([2H])[2H])C4=O)cc2)C1([2H])[2H]. The third kappa shape index (κ3) is 4.62. The summed E-state index contributed by atoms with van der Waals surface area (Å²) in [6.45, 7) is -13.2. The maximum Gasteiger partial charge on any atom is 0.255 e. The number of nitrogens with zero attached hydrogens (tertiary/aromatic N) is 2. The predicted octanol–water partition coefficient (Wildman–Crippen LogP) is 1.89. The van der Waals surface area contributed by atoms with E-state index in [0.29, 0.717) is 32.2 Å². The number of hydrogen-bond donors (Lipinski definition) is 2. The van der Waals surface area contributed by atoms with Crippen LogP contribution < -0.4 is 10.6 Å². The van der Waals surface area contributed by atoms with Crippen LogP contribution in [0.1, 0.15) is 57.6 Å². The molecule has 0 radical (unpaired) electrons. The molecule has 3 aliphatic heterocycles. The molecule has 0 bridgehead atoms. The maximum absolute atomic E-state index is 13.3. The number of nitrogens with one attached hydrogen (secondary N) is 2. The highest BCUT2D eigenvalue weighted by Crippen LogP contribution is 2.32. The zero-order valence-electron chi connectivity index (χ0n) is 30.2. The molecule has 0 aliphatic carbocycles. The van der Waals surface area contributed by atoms with Gasteiger partial charge in [0.05, 0.1) is 20.0 Å². The van der Waals surface area contributed by atoms with Crippen molar-refractivity contribution < 1.29 is 36.9 Å². The zero-order chi connectivity index (χ0) is 34.5. The first kappa shape index (κ1) is 11.3. The number of anilines is 1. The number of hydrogen-bond acceptors (Lipinski definition) is 6. The van der Waals surface area contributed by atoms with E-state index in [2.05, 4.69) is 10.1 Å². The summed E-state index contributed by atoms with van der Waals surface area (Å²) in [4.78, 5) is 39.2. The molecule has 2 saturated heterocycles. The lowest BCUT2D eigenvalue weighted by Gasteiger charge is -2.29. The van der Waals surface area contributed by atoms with E-state index >= 15 is 0 Å². The van der Waals surface area contributed by atoms with Gasteiger partial charge in [0, 0.05) is 66.8 Å². The monoisotopic (exact) mass is 461 g/mol. The molecule has 1 unspecified atom stereocenters. The number of carbonyl (C=O) groups is 3. The van der Waals surface area contributed by atoms with E-state index in [1.807, 2.05) is 0 Å². The van der Waals surface area contributed by atoms with Gasteiger partial charge in [0.2, 0.25) is 11.8 Å². The summed E-state index contributed by atoms with van der Waals surface area (Å²) >= 11 is 0. The molecule has 2 aromatic carbocycles. The average Bonchev–Trinajstić information content (AvgIpc) is 3.29. The molecule has 3 amide bonds. The molecule has 172 valence electrons. The summed E-state index contributed by atoms with van der Waals surface area (Å²) in [5, 5.41) is 4.78. The molecule has 3 aliphatic rings. The number of rotatable bonds is 6. The standard InChI is InChI=1S/C25H28N4O4/c30-23-9-8-22(24(31)27-23)29-16-20-19(25(29)32)2-1-3-21(20)26-14-17-4-6-18(7-5-17)15-28-10-12-33-13-11-28/h1-7,22,26H,8-16H2,(H,27,30,31)/i8D2,9D2,10D2,11D2,12D2,13D2,22D. The zero-order valence-corrected chi connectivity index (χ0v) is 17.2. The van der Waals surface area contributed by atoms with E-state index in [-0.39, 0.29) is 12.1 Å². The van der Waals surface area contributed by atoms with Gasteiger partial charge in [0.1, 0.15) is 6.02 Å². The lowest BCUT2D eigenvalue weighted by molar-refractivity contribution is -0.136. The van der Waals surface area contributed by atoms with Crippen molar-refractivity contribution in [2.24, 2.45) is 0 Å². The maximum atomic E-state index is 13.3. The van der Waals surface area contributed by atoms with E-state index in [4.69, 9.17) is 17.8 Å². The van der Waals surface area contributed by atoms with Crippen LogP contribution in [0.2, 0.25) is 0 Å². The van der Waals surface area contributed by atoms with Crippen LogP contribution in [0, 0.1) is 0 Å². The fraction of sp³-hybridized carbons (Fsp3) is 0.400. The summed E-state index contributed by atoms with van der Waals surface area (Å²) < 4.78 is 110. The number of morpholine rings is 1. The van der Waals surface area contributed by atoms with Crippen molar-refractivity contribution in [2.45, 2.75) is 38.4 Å². The highest BCUT2D eigenvalue weighted by Gasteiger charge is 2.39. The van der Waals surface area contributed by atoms with Crippen LogP contribution in [-0.4, -0.2) is 59.7 Å². The van der Waals surface area contributed by atoms with Gasteiger partial charge in [-0.05, 0) is 29.6 Å². The average molecular weight is 462 g/mol. The molecule has 8 heteroatoms. The van der Waals surface area contributed by atoms with Crippen LogP contribution in [0.15, 0.2) is 42.5 Å². The van der Waals surface area contributed by atoms with Crippen molar-refractivity contribution in [3.63, 3.8) is 0 Å². The van der Waals surface area contributed by atoms with Crippen LogP contribution in [0.5, 0.6) is 0 Å². The second-order valence-corrected chi connectivity index (χ2v) is 7.39. The molecule has 2 N–H and O–H groups in total. The Morgan fingerprint density at radius 1 is 1.09 bits per heavy atom. The highest BCUT2D eigenvalue weighted by atomic mass is 16.5. The minimum Gasteiger partial charge on any atom is -0.381 e. The Balaban J connectivity index is 1.34. The number of ether oxygens (including phenoxy) is 1. The summed E-state index contributed by atoms with van der Waals surface area (Å²) in [6.07, 6.45) is -6.70. The Morgan fingerprint density at radius 3 is 2.64 bits per heavy atom. The minimum absolute atomic E-state index is 0.0433. The number of carbonyl (C=O) groups excluding carboxylic acids is 3. The van der Waals surface area contributed by atoms with Crippen LogP contribution in [0.3, 0.4) is 0 Å². The molecule has 2 fully saturated rings. The first-order chi connectivity index (χ1) is 20.9. The molecule has 2 aromatic rings. The largest absolute Gasteiger partial charge is 0.381 e. The lowest BCUT2D eigenvalue weighted by Crippen LogP contribution is -2.52. The van der Waals surface area contributed by atoms with Gasteiger partial charge in [-0.25, -0.2) is 0 Å². The van der Waals surface area contributed by atoms with Crippen molar-refractivity contribution >= 4 is 23.4 Å². The number of benzene rings is 2. The van der Waals surface area contributed by atoms with E-state index in [0.717, 1.165) is 0 Å². The second kappa shape index (κ2) is 9.33. The minimum atomic E-state index is -3.40. The van der Waals surface area contributed by atoms with Crippen molar-refractivity contribution in [1.82, 2.24) is 15.1 Å². The van der Waals surface area contributed by atoms with E-state index in [1.54, 1.807) is 23.5 Å². The van der Waals surface area contributed by atoms with Crippen LogP contribution in [0.4, 0.5) is 5.69 Å². The molecular formula is C25H28N4O4. The second-order valence-electron chi connectivity index (χ2n) is 7.39. The fourth-order valence-corrected chi connectivity index (χ4v) is 3.67. The fourth-order valence-electron chi connectivity index (χ4n) is 3.67. The van der Waals surface area contributed by atoms with Gasteiger partial charge < -0.3 is 15.0 Å². The topological polar surface area (TPSA) is 91.0 Å². The quantitative estimate of drug-likeness (QED) is 0.639. The summed E-state index contributed by atoms with van der Waals surface area (Å²) in [5.41, 5.74) is 1.72. The molecule has 0 saturated carbocycles. The Kier molecular flexibility index (Phi) is 3.18.